The summed E-state index contributed by atoms with van der Waals surface area (Å²) in [5.74, 6) is 3.72. The maximum Gasteiger partial charge on any atom is 0.246 e. The van der Waals surface area contributed by atoms with E-state index in [0.717, 1.165) is 52.5 Å². The second kappa shape index (κ2) is 17.9. The zero-order valence-electron chi connectivity index (χ0n) is 29.6. The van der Waals surface area contributed by atoms with Crippen LogP contribution in [0.3, 0.4) is 0 Å². The minimum absolute atomic E-state index is 0.0469. The van der Waals surface area contributed by atoms with Crippen LogP contribution in [0.2, 0.25) is 0 Å². The smallest absolute Gasteiger partial charge is 0.246 e. The van der Waals surface area contributed by atoms with Crippen molar-refractivity contribution >= 4 is 57.0 Å². The quantitative estimate of drug-likeness (QED) is 0.0978. The van der Waals surface area contributed by atoms with E-state index in [-0.39, 0.29) is 23.3 Å². The number of likely N-dealkylation sites (tertiary alicyclic amines) is 1. The lowest BCUT2D eigenvalue weighted by Crippen LogP contribution is -2.38. The van der Waals surface area contributed by atoms with Gasteiger partial charge in [-0.3, -0.25) is 4.79 Å². The Kier molecular flexibility index (Phi) is 13.2. The molecule has 1 unspecified atom stereocenters. The first-order chi connectivity index (χ1) is 25.0. The summed E-state index contributed by atoms with van der Waals surface area (Å²) in [6, 6.07) is 15.8. The third kappa shape index (κ3) is 9.62. The maximum atomic E-state index is 12.1. The molecule has 276 valence electrons. The number of anilines is 2. The number of H-pyrrole nitrogens is 2. The second-order valence-corrected chi connectivity index (χ2v) is 14.4. The molecular formula is C40H51BrN8O3. The maximum absolute atomic E-state index is 12.1. The zero-order valence-corrected chi connectivity index (χ0v) is 31.2. The molecule has 4 heterocycles. The number of nitrogens with two attached hydrogens (primary N) is 4. The number of nitrogen functional groups attached to an aromatic ring is 2. The fourth-order valence-corrected chi connectivity index (χ4v) is 7.56. The number of rotatable bonds is 6. The Bertz CT molecular complexity index is 1870. The van der Waals surface area contributed by atoms with E-state index in [1.807, 2.05) is 30.0 Å². The number of carbonyl (C=O) groups is 1. The van der Waals surface area contributed by atoms with Crippen LogP contribution in [0.15, 0.2) is 77.4 Å². The van der Waals surface area contributed by atoms with E-state index >= 15 is 0 Å². The van der Waals surface area contributed by atoms with E-state index < -0.39 is 0 Å². The fraction of sp³-hybridized carbons (Fsp3) is 0.325. The molecule has 0 radical (unpaired) electrons. The number of carbonyl (C=O) groups excluding carboxylic acids is 1. The Morgan fingerprint density at radius 1 is 0.885 bits per heavy atom. The third-order valence-corrected chi connectivity index (χ3v) is 10.6. The van der Waals surface area contributed by atoms with Crippen molar-refractivity contribution in [2.24, 2.45) is 23.3 Å². The van der Waals surface area contributed by atoms with Gasteiger partial charge < -0.3 is 53.3 Å². The first-order valence-electron chi connectivity index (χ1n) is 17.8. The highest BCUT2D eigenvalue weighted by Crippen LogP contribution is 2.34. The molecule has 2 saturated heterocycles. The summed E-state index contributed by atoms with van der Waals surface area (Å²) in [5.41, 5.74) is 28.6. The molecule has 52 heavy (non-hydrogen) atoms. The van der Waals surface area contributed by atoms with Crippen molar-refractivity contribution in [2.75, 3.05) is 37.6 Å². The predicted molar refractivity (Wildman–Crippen MR) is 216 cm³/mol. The van der Waals surface area contributed by atoms with Crippen LogP contribution in [0.4, 0.5) is 11.6 Å². The highest BCUT2D eigenvalue weighted by molar-refractivity contribution is 9.10. The Hall–Kier alpha value is -5.07. The Morgan fingerprint density at radius 3 is 2.08 bits per heavy atom. The van der Waals surface area contributed by atoms with Crippen LogP contribution in [-0.4, -0.2) is 57.2 Å². The Labute approximate surface area is 314 Å². The molecule has 2 aliphatic heterocycles. The second-order valence-electron chi connectivity index (χ2n) is 13.5. The number of halogens is 1. The van der Waals surface area contributed by atoms with Crippen molar-refractivity contribution in [2.45, 2.75) is 44.9 Å². The first kappa shape index (κ1) is 38.2. The van der Waals surface area contributed by atoms with Crippen molar-refractivity contribution < 1.29 is 15.0 Å². The van der Waals surface area contributed by atoms with Crippen LogP contribution in [0.25, 0.3) is 23.5 Å². The van der Waals surface area contributed by atoms with Crippen molar-refractivity contribution in [3.8, 4) is 11.5 Å². The molecule has 12 heteroatoms. The number of benzene rings is 2. The highest BCUT2D eigenvalue weighted by atomic mass is 79.9. The summed E-state index contributed by atoms with van der Waals surface area (Å²) in [6.07, 6.45) is 15.0. The number of phenols is 2. The van der Waals surface area contributed by atoms with Crippen LogP contribution < -0.4 is 28.3 Å². The average molecular weight is 772 g/mol. The number of nitrogens with one attached hydrogen (secondary N) is 3. The molecule has 1 saturated carbocycles. The molecule has 0 spiro atoms. The molecule has 4 aromatic rings. The van der Waals surface area contributed by atoms with Gasteiger partial charge in [0.05, 0.1) is 0 Å². The first-order valence-corrected chi connectivity index (χ1v) is 18.6. The van der Waals surface area contributed by atoms with E-state index in [2.05, 4.69) is 31.2 Å². The molecule has 1 amide bonds. The van der Waals surface area contributed by atoms with Gasteiger partial charge in [-0.1, -0.05) is 36.8 Å². The van der Waals surface area contributed by atoms with Gasteiger partial charge in [0.15, 0.2) is 0 Å². The number of para-hydroxylation sites is 2. The number of hydrogen-bond acceptors (Lipinski definition) is 8. The van der Waals surface area contributed by atoms with Gasteiger partial charge in [-0.2, -0.15) is 0 Å². The summed E-state index contributed by atoms with van der Waals surface area (Å²) in [7, 11) is 0. The molecule has 11 nitrogen and oxygen atoms in total. The number of fused-ring (bicyclic) bond motifs is 1. The number of phenolic OH excluding ortho intramolecular Hbond substituents is 2. The van der Waals surface area contributed by atoms with Gasteiger partial charge in [-0.25, -0.2) is 0 Å². The summed E-state index contributed by atoms with van der Waals surface area (Å²) in [4.78, 5) is 20.1. The number of aromatic nitrogens is 2. The summed E-state index contributed by atoms with van der Waals surface area (Å²) in [6.45, 7) is 5.91. The molecule has 7 rings (SSSR count). The topological polar surface area (TPSA) is 208 Å². The summed E-state index contributed by atoms with van der Waals surface area (Å²) in [5, 5.41) is 23.1. The zero-order chi connectivity index (χ0) is 37.2. The van der Waals surface area contributed by atoms with E-state index in [0.29, 0.717) is 40.7 Å². The highest BCUT2D eigenvalue weighted by Gasteiger charge is 2.30. The number of aromatic amines is 2. The minimum Gasteiger partial charge on any atom is -0.507 e. The number of allylic oxidation sites excluding steroid dienone is 1. The van der Waals surface area contributed by atoms with Gasteiger partial charge in [0.2, 0.25) is 5.91 Å². The van der Waals surface area contributed by atoms with Crippen LogP contribution in [0.1, 0.15) is 72.9 Å². The van der Waals surface area contributed by atoms with Gasteiger partial charge in [-0.15, -0.1) is 0 Å². The number of hydrogen-bond donors (Lipinski definition) is 9. The lowest BCUT2D eigenvalue weighted by molar-refractivity contribution is -0.127. The number of piperidine rings is 1. The molecule has 2 aromatic heterocycles. The molecule has 3 fully saturated rings. The summed E-state index contributed by atoms with van der Waals surface area (Å²) >= 11 is 3.36. The fourth-order valence-electron chi connectivity index (χ4n) is 7.12. The largest absolute Gasteiger partial charge is 0.507 e. The van der Waals surface area contributed by atoms with Crippen molar-refractivity contribution in [3.63, 3.8) is 0 Å². The van der Waals surface area contributed by atoms with Crippen LogP contribution >= 0.6 is 15.9 Å². The molecule has 1 aliphatic carbocycles. The van der Waals surface area contributed by atoms with Gasteiger partial charge in [-0.05, 0) is 122 Å². The lowest BCUT2D eigenvalue weighted by Gasteiger charge is -2.31. The van der Waals surface area contributed by atoms with Crippen molar-refractivity contribution in [1.82, 2.24) is 20.2 Å². The molecular weight excluding hydrogens is 720 g/mol. The normalized spacial score (nSPS) is 20.2. The Balaban J connectivity index is 0.000000175. The van der Waals surface area contributed by atoms with Crippen LogP contribution in [0, 0.1) is 11.8 Å². The molecule has 3 aliphatic rings. The molecule has 3 atom stereocenters. The van der Waals surface area contributed by atoms with E-state index in [4.69, 9.17) is 22.9 Å². The van der Waals surface area contributed by atoms with Crippen LogP contribution in [0.5, 0.6) is 11.5 Å². The SMILES string of the molecule is C/C=C\C(=O)N1CCCC(c2cc(/C=C(\N)c3ccccc3O)c(N)[nH]2)C1.C1C[C@@H]2CNC[C@@H]2C1.N/C(=C\c1c(Br)c[nH]c1N)c1ccccc1O. The average Bonchev–Trinajstić information content (AvgIpc) is 3.93. The van der Waals surface area contributed by atoms with Crippen molar-refractivity contribution in [1.29, 1.82) is 0 Å². The van der Waals surface area contributed by atoms with E-state index in [1.54, 1.807) is 66.9 Å². The number of nitrogens with zero attached hydrogens (tertiary/aromatic N) is 1. The molecule has 2 aromatic carbocycles. The standard InChI is InChI=1S/C21H26N4O2.C12H12BrN3O.C7H13N/c1-2-6-20(27)25-10-5-7-14(13-25)18-12-15(21(23)24-18)11-17(22)16-8-3-4-9-19(16)26;13-9-6-16-12(15)8(9)5-10(14)7-3-1-2-4-11(7)17;1-2-6-4-8-5-7(6)3-1/h2-4,6,8-9,11-12,14,24,26H,5,7,10,13,22-23H2,1H3;1-6,16-17H,14-15H2;6-8H,1-5H2/b6-2-,17-11-;10-5-;/t;;6-,7+. The van der Waals surface area contributed by atoms with Gasteiger partial charge in [0.1, 0.15) is 23.1 Å². The van der Waals surface area contributed by atoms with Crippen LogP contribution in [-0.2, 0) is 4.79 Å². The van der Waals surface area contributed by atoms with Gasteiger partial charge in [0.25, 0.3) is 0 Å². The van der Waals surface area contributed by atoms with Crippen molar-refractivity contribution in [3.05, 3.63) is 105 Å². The van der Waals surface area contributed by atoms with Gasteiger partial charge in [0, 0.05) is 69.0 Å². The monoisotopic (exact) mass is 770 g/mol. The Morgan fingerprint density at radius 2 is 1.50 bits per heavy atom. The van der Waals surface area contributed by atoms with Gasteiger partial charge >= 0.3 is 0 Å². The predicted octanol–water partition coefficient (Wildman–Crippen LogP) is 6.57. The molecule has 13 N–H and O–H groups in total. The third-order valence-electron chi connectivity index (χ3n) is 9.96. The summed E-state index contributed by atoms with van der Waals surface area (Å²) < 4.78 is 0.827. The lowest BCUT2D eigenvalue weighted by atomic mass is 9.94. The molecule has 0 bridgehead atoms. The number of aromatic hydroxyl groups is 2. The number of amides is 1. The van der Waals surface area contributed by atoms with E-state index in [1.165, 1.54) is 32.4 Å². The van der Waals surface area contributed by atoms with E-state index in [9.17, 15) is 15.0 Å². The minimum atomic E-state index is 0.0469.